The van der Waals surface area contributed by atoms with Crippen molar-refractivity contribution >= 4 is 29.0 Å². The van der Waals surface area contributed by atoms with Gasteiger partial charge in [0.2, 0.25) is 5.91 Å². The third-order valence-corrected chi connectivity index (χ3v) is 4.05. The molecule has 0 bridgehead atoms. The Bertz CT molecular complexity index is 882. The van der Waals surface area contributed by atoms with Crippen molar-refractivity contribution in [2.24, 2.45) is 0 Å². The van der Waals surface area contributed by atoms with Crippen LogP contribution in [0.15, 0.2) is 60.1 Å². The normalized spacial score (nSPS) is 10.4. The average molecular weight is 356 g/mol. The zero-order chi connectivity index (χ0) is 17.6. The lowest BCUT2D eigenvalue weighted by Gasteiger charge is -2.06. The third-order valence-electron chi connectivity index (χ3n) is 3.11. The number of carbonyl (C=O) groups excluding carboxylic acids is 1. The third kappa shape index (κ3) is 4.18. The fraction of sp³-hybridized carbons (Fsp3) is 0.0667. The summed E-state index contributed by atoms with van der Waals surface area (Å²) in [5.41, 5.74) is 0.457. The molecule has 1 amide bonds. The highest BCUT2D eigenvalue weighted by molar-refractivity contribution is 7.99. The molecule has 0 spiro atoms. The van der Waals surface area contributed by atoms with Crippen molar-refractivity contribution < 1.29 is 9.72 Å². The molecule has 25 heavy (non-hydrogen) atoms. The molecule has 126 valence electrons. The summed E-state index contributed by atoms with van der Waals surface area (Å²) in [6, 6.07) is 11.1. The molecule has 3 aromatic rings. The molecule has 0 radical (unpaired) electrons. The molecule has 9 nitrogen and oxygen atoms in total. The number of nitro benzene ring substituents is 1. The molecular formula is C15H12N6O3S. The maximum atomic E-state index is 12.0. The van der Waals surface area contributed by atoms with E-state index in [2.05, 4.69) is 20.5 Å². The predicted octanol–water partition coefficient (Wildman–Crippen LogP) is 2.30. The molecule has 0 aliphatic rings. The minimum atomic E-state index is -0.494. The Kier molecular flexibility index (Phi) is 5.00. The largest absolute Gasteiger partial charge is 0.325 e. The first kappa shape index (κ1) is 16.6. The maximum Gasteiger partial charge on any atom is 0.269 e. The Morgan fingerprint density at radius 2 is 2.04 bits per heavy atom. The summed E-state index contributed by atoms with van der Waals surface area (Å²) in [5, 5.41) is 21.7. The summed E-state index contributed by atoms with van der Waals surface area (Å²) in [6.45, 7) is 0. The van der Waals surface area contributed by atoms with E-state index in [1.807, 2.05) is 12.1 Å². The van der Waals surface area contributed by atoms with Crippen LogP contribution in [0.1, 0.15) is 0 Å². The van der Waals surface area contributed by atoms with Gasteiger partial charge in [0, 0.05) is 24.0 Å². The highest BCUT2D eigenvalue weighted by atomic mass is 32.2. The van der Waals surface area contributed by atoms with Crippen LogP contribution in [0.3, 0.4) is 0 Å². The number of nitrogens with zero attached hydrogens (tertiary/aromatic N) is 5. The van der Waals surface area contributed by atoms with E-state index in [9.17, 15) is 14.9 Å². The lowest BCUT2D eigenvalue weighted by Crippen LogP contribution is -2.14. The number of hydrogen-bond donors (Lipinski definition) is 1. The Morgan fingerprint density at radius 3 is 2.72 bits per heavy atom. The van der Waals surface area contributed by atoms with Gasteiger partial charge in [-0.15, -0.1) is 10.2 Å². The van der Waals surface area contributed by atoms with Gasteiger partial charge in [-0.05, 0) is 24.3 Å². The van der Waals surface area contributed by atoms with Gasteiger partial charge >= 0.3 is 0 Å². The van der Waals surface area contributed by atoms with E-state index in [0.29, 0.717) is 16.7 Å². The zero-order valence-corrected chi connectivity index (χ0v) is 13.6. The Balaban J connectivity index is 1.60. The van der Waals surface area contributed by atoms with Crippen molar-refractivity contribution in [3.8, 4) is 5.82 Å². The summed E-state index contributed by atoms with van der Waals surface area (Å²) in [4.78, 5) is 26.4. The SMILES string of the molecule is O=C(CSc1nncn1-c1ccccn1)Nc1ccc([N+](=O)[O-])cc1. The van der Waals surface area contributed by atoms with Crippen molar-refractivity contribution in [3.05, 3.63) is 65.1 Å². The van der Waals surface area contributed by atoms with Crippen LogP contribution in [0.5, 0.6) is 0 Å². The standard InChI is InChI=1S/C15H12N6O3S/c22-14(18-11-4-6-12(7-5-11)21(23)24)9-25-15-19-17-10-20(15)13-3-1-2-8-16-13/h1-8,10H,9H2,(H,18,22). The number of benzene rings is 1. The van der Waals surface area contributed by atoms with Gasteiger partial charge in [0.15, 0.2) is 5.16 Å². The van der Waals surface area contributed by atoms with E-state index in [-0.39, 0.29) is 17.3 Å². The first-order chi connectivity index (χ1) is 12.1. The highest BCUT2D eigenvalue weighted by Crippen LogP contribution is 2.19. The fourth-order valence-electron chi connectivity index (χ4n) is 1.97. The van der Waals surface area contributed by atoms with Crippen LogP contribution in [-0.2, 0) is 4.79 Å². The minimum Gasteiger partial charge on any atom is -0.325 e. The van der Waals surface area contributed by atoms with Crippen LogP contribution >= 0.6 is 11.8 Å². The molecule has 0 fully saturated rings. The molecule has 0 aliphatic heterocycles. The summed E-state index contributed by atoms with van der Waals surface area (Å²) in [5.74, 6) is 0.517. The van der Waals surface area contributed by atoms with Crippen molar-refractivity contribution in [3.63, 3.8) is 0 Å². The van der Waals surface area contributed by atoms with E-state index in [1.54, 1.807) is 16.8 Å². The van der Waals surface area contributed by atoms with Gasteiger partial charge in [-0.2, -0.15) is 0 Å². The highest BCUT2D eigenvalue weighted by Gasteiger charge is 2.11. The van der Waals surface area contributed by atoms with E-state index < -0.39 is 4.92 Å². The summed E-state index contributed by atoms with van der Waals surface area (Å²) < 4.78 is 1.68. The van der Waals surface area contributed by atoms with E-state index in [0.717, 1.165) is 0 Å². The lowest BCUT2D eigenvalue weighted by molar-refractivity contribution is -0.384. The molecule has 0 saturated carbocycles. The number of amides is 1. The predicted molar refractivity (Wildman–Crippen MR) is 91.6 cm³/mol. The van der Waals surface area contributed by atoms with Crippen LogP contribution in [0.4, 0.5) is 11.4 Å². The number of nitrogens with one attached hydrogen (secondary N) is 1. The first-order valence-electron chi connectivity index (χ1n) is 7.12. The van der Waals surface area contributed by atoms with Crippen LogP contribution in [-0.4, -0.2) is 36.3 Å². The minimum absolute atomic E-state index is 0.0316. The first-order valence-corrected chi connectivity index (χ1v) is 8.10. The van der Waals surface area contributed by atoms with Gasteiger partial charge in [0.25, 0.3) is 5.69 Å². The molecule has 3 rings (SSSR count). The van der Waals surface area contributed by atoms with Crippen LogP contribution in [0.25, 0.3) is 5.82 Å². The molecule has 0 aliphatic carbocycles. The molecular weight excluding hydrogens is 344 g/mol. The molecule has 10 heteroatoms. The lowest BCUT2D eigenvalue weighted by atomic mass is 10.3. The Labute approximate surface area is 146 Å². The van der Waals surface area contributed by atoms with Gasteiger partial charge < -0.3 is 5.32 Å². The number of carbonyl (C=O) groups is 1. The molecule has 0 saturated heterocycles. The second-order valence-corrected chi connectivity index (χ2v) is 5.75. The topological polar surface area (TPSA) is 116 Å². The molecule has 2 aromatic heterocycles. The van der Waals surface area contributed by atoms with Gasteiger partial charge in [-0.3, -0.25) is 19.5 Å². The van der Waals surface area contributed by atoms with Crippen LogP contribution in [0.2, 0.25) is 0 Å². The number of thioether (sulfide) groups is 1. The smallest absolute Gasteiger partial charge is 0.269 e. The second kappa shape index (κ2) is 7.53. The average Bonchev–Trinajstić information content (AvgIpc) is 3.10. The molecule has 2 heterocycles. The van der Waals surface area contributed by atoms with Crippen molar-refractivity contribution in [1.82, 2.24) is 19.7 Å². The second-order valence-electron chi connectivity index (χ2n) is 4.81. The quantitative estimate of drug-likeness (QED) is 0.409. The van der Waals surface area contributed by atoms with Crippen LogP contribution < -0.4 is 5.32 Å². The maximum absolute atomic E-state index is 12.0. The molecule has 1 N–H and O–H groups in total. The summed E-state index contributed by atoms with van der Waals surface area (Å²) in [6.07, 6.45) is 3.18. The van der Waals surface area contributed by atoms with E-state index >= 15 is 0 Å². The van der Waals surface area contributed by atoms with Gasteiger partial charge in [0.1, 0.15) is 12.1 Å². The van der Waals surface area contributed by atoms with Gasteiger partial charge in [0.05, 0.1) is 10.7 Å². The van der Waals surface area contributed by atoms with Gasteiger partial charge in [-0.1, -0.05) is 17.8 Å². The summed E-state index contributed by atoms with van der Waals surface area (Å²) >= 11 is 1.21. The fourth-order valence-corrected chi connectivity index (χ4v) is 2.69. The number of nitro groups is 1. The van der Waals surface area contributed by atoms with Crippen molar-refractivity contribution in [2.75, 3.05) is 11.1 Å². The Morgan fingerprint density at radius 1 is 1.24 bits per heavy atom. The number of aromatic nitrogens is 4. The van der Waals surface area contributed by atoms with Crippen molar-refractivity contribution in [2.45, 2.75) is 5.16 Å². The number of hydrogen-bond acceptors (Lipinski definition) is 7. The number of non-ortho nitro benzene ring substituents is 1. The summed E-state index contributed by atoms with van der Waals surface area (Å²) in [7, 11) is 0. The molecule has 0 atom stereocenters. The van der Waals surface area contributed by atoms with E-state index in [1.165, 1.54) is 42.4 Å². The van der Waals surface area contributed by atoms with E-state index in [4.69, 9.17) is 0 Å². The van der Waals surface area contributed by atoms with Crippen molar-refractivity contribution in [1.29, 1.82) is 0 Å². The molecule has 1 aromatic carbocycles. The number of rotatable bonds is 6. The van der Waals surface area contributed by atoms with Gasteiger partial charge in [-0.25, -0.2) is 4.98 Å². The Hall–Kier alpha value is -3.27. The zero-order valence-electron chi connectivity index (χ0n) is 12.8. The number of anilines is 1. The van der Waals surface area contributed by atoms with Crippen LogP contribution in [0, 0.1) is 10.1 Å². The molecule has 0 unspecified atom stereocenters. The number of pyridine rings is 1. The monoisotopic (exact) mass is 356 g/mol.